The Morgan fingerprint density at radius 3 is 3.06 bits per heavy atom. The zero-order valence-corrected chi connectivity index (χ0v) is 11.5. The SMILES string of the molecule is CCNCc1cncc(N2CCCC(CC)C2)n1. The summed E-state index contributed by atoms with van der Waals surface area (Å²) in [6.45, 7) is 8.41. The van der Waals surface area contributed by atoms with Gasteiger partial charge in [0.2, 0.25) is 0 Å². The first kappa shape index (κ1) is 13.3. The summed E-state index contributed by atoms with van der Waals surface area (Å²) < 4.78 is 0. The summed E-state index contributed by atoms with van der Waals surface area (Å²) in [5.41, 5.74) is 1.04. The van der Waals surface area contributed by atoms with Gasteiger partial charge in [-0.3, -0.25) is 4.98 Å². The summed E-state index contributed by atoms with van der Waals surface area (Å²) in [6.07, 6.45) is 7.65. The van der Waals surface area contributed by atoms with Gasteiger partial charge < -0.3 is 10.2 Å². The maximum atomic E-state index is 4.70. The summed E-state index contributed by atoms with van der Waals surface area (Å²) >= 11 is 0. The van der Waals surface area contributed by atoms with Crippen LogP contribution in [0.4, 0.5) is 5.82 Å². The molecule has 0 aromatic carbocycles. The lowest BCUT2D eigenvalue weighted by atomic mass is 9.96. The number of aromatic nitrogens is 2. The van der Waals surface area contributed by atoms with E-state index in [9.17, 15) is 0 Å². The number of rotatable bonds is 5. The standard InChI is InChI=1S/C14H24N4/c1-3-12-6-5-7-18(11-12)14-10-16-9-13(17-14)8-15-4-2/h9-10,12,15H,3-8,11H2,1-2H3. The van der Waals surface area contributed by atoms with Crippen LogP contribution in [0.3, 0.4) is 0 Å². The van der Waals surface area contributed by atoms with Crippen LogP contribution in [0.5, 0.6) is 0 Å². The fourth-order valence-electron chi connectivity index (χ4n) is 2.49. The average molecular weight is 248 g/mol. The van der Waals surface area contributed by atoms with Gasteiger partial charge in [-0.1, -0.05) is 20.3 Å². The van der Waals surface area contributed by atoms with Crippen LogP contribution in [-0.2, 0) is 6.54 Å². The molecule has 0 saturated carbocycles. The van der Waals surface area contributed by atoms with Gasteiger partial charge in [0.05, 0.1) is 11.9 Å². The van der Waals surface area contributed by atoms with Crippen molar-refractivity contribution in [3.63, 3.8) is 0 Å². The lowest BCUT2D eigenvalue weighted by molar-refractivity contribution is 0.402. The van der Waals surface area contributed by atoms with Gasteiger partial charge in [0.15, 0.2) is 0 Å². The fourth-order valence-corrected chi connectivity index (χ4v) is 2.49. The Bertz CT molecular complexity index is 367. The highest BCUT2D eigenvalue weighted by molar-refractivity contribution is 5.37. The van der Waals surface area contributed by atoms with Gasteiger partial charge >= 0.3 is 0 Å². The Labute approximate surface area is 110 Å². The van der Waals surface area contributed by atoms with Gasteiger partial charge in [0.1, 0.15) is 5.82 Å². The van der Waals surface area contributed by atoms with Crippen molar-refractivity contribution in [3.8, 4) is 0 Å². The minimum atomic E-state index is 0.808. The highest BCUT2D eigenvalue weighted by Gasteiger charge is 2.19. The predicted octanol–water partition coefficient (Wildman–Crippen LogP) is 2.21. The number of anilines is 1. The lowest BCUT2D eigenvalue weighted by Crippen LogP contribution is -2.36. The van der Waals surface area contributed by atoms with Crippen LogP contribution in [0.2, 0.25) is 0 Å². The first-order chi connectivity index (χ1) is 8.83. The fraction of sp³-hybridized carbons (Fsp3) is 0.714. The second-order valence-electron chi connectivity index (χ2n) is 5.01. The van der Waals surface area contributed by atoms with Gasteiger partial charge in [-0.2, -0.15) is 0 Å². The molecular weight excluding hydrogens is 224 g/mol. The quantitative estimate of drug-likeness (QED) is 0.867. The van der Waals surface area contributed by atoms with Crippen LogP contribution in [0.1, 0.15) is 38.8 Å². The normalized spacial score (nSPS) is 20.1. The molecule has 2 heterocycles. The summed E-state index contributed by atoms with van der Waals surface area (Å²) in [5, 5.41) is 3.29. The molecule has 0 spiro atoms. The molecule has 0 amide bonds. The maximum Gasteiger partial charge on any atom is 0.147 e. The molecule has 1 N–H and O–H groups in total. The molecule has 1 aromatic heterocycles. The molecule has 0 aliphatic carbocycles. The van der Waals surface area contributed by atoms with Gasteiger partial charge in [-0.05, 0) is 25.3 Å². The van der Waals surface area contributed by atoms with Gasteiger partial charge in [0.25, 0.3) is 0 Å². The molecule has 2 rings (SSSR count). The molecule has 1 fully saturated rings. The van der Waals surface area contributed by atoms with E-state index in [1.54, 1.807) is 0 Å². The van der Waals surface area contributed by atoms with Crippen LogP contribution in [0.25, 0.3) is 0 Å². The third-order valence-electron chi connectivity index (χ3n) is 3.65. The first-order valence-corrected chi connectivity index (χ1v) is 7.10. The molecule has 1 aliphatic heterocycles. The number of nitrogens with one attached hydrogen (secondary N) is 1. The molecule has 1 unspecified atom stereocenters. The van der Waals surface area contributed by atoms with Crippen molar-refractivity contribution in [1.29, 1.82) is 0 Å². The van der Waals surface area contributed by atoms with Crippen molar-refractivity contribution < 1.29 is 0 Å². The predicted molar refractivity (Wildman–Crippen MR) is 74.6 cm³/mol. The van der Waals surface area contributed by atoms with E-state index < -0.39 is 0 Å². The highest BCUT2D eigenvalue weighted by Crippen LogP contribution is 2.23. The smallest absolute Gasteiger partial charge is 0.147 e. The molecular formula is C14H24N4. The van der Waals surface area contributed by atoms with E-state index in [4.69, 9.17) is 4.98 Å². The zero-order chi connectivity index (χ0) is 12.8. The van der Waals surface area contributed by atoms with Crippen LogP contribution in [0.15, 0.2) is 12.4 Å². The largest absolute Gasteiger partial charge is 0.355 e. The Hall–Kier alpha value is -1.16. The Morgan fingerprint density at radius 2 is 2.28 bits per heavy atom. The zero-order valence-electron chi connectivity index (χ0n) is 11.5. The molecule has 1 aliphatic rings. The minimum Gasteiger partial charge on any atom is -0.355 e. The summed E-state index contributed by atoms with van der Waals surface area (Å²) in [4.78, 5) is 11.4. The summed E-state index contributed by atoms with van der Waals surface area (Å²) in [5.74, 6) is 1.86. The Kier molecular flexibility index (Phi) is 4.93. The van der Waals surface area contributed by atoms with Crippen molar-refractivity contribution in [1.82, 2.24) is 15.3 Å². The van der Waals surface area contributed by atoms with Crippen LogP contribution in [-0.4, -0.2) is 29.6 Å². The molecule has 0 radical (unpaired) electrons. The van der Waals surface area contributed by atoms with Crippen LogP contribution >= 0.6 is 0 Å². The maximum absolute atomic E-state index is 4.70. The third kappa shape index (κ3) is 3.42. The highest BCUT2D eigenvalue weighted by atomic mass is 15.2. The van der Waals surface area contributed by atoms with E-state index in [0.29, 0.717) is 0 Å². The van der Waals surface area contributed by atoms with E-state index in [0.717, 1.165) is 43.6 Å². The van der Waals surface area contributed by atoms with Crippen LogP contribution in [0, 0.1) is 5.92 Å². The second-order valence-corrected chi connectivity index (χ2v) is 5.01. The van der Waals surface area contributed by atoms with E-state index in [1.807, 2.05) is 12.4 Å². The van der Waals surface area contributed by atoms with Crippen molar-refractivity contribution in [2.24, 2.45) is 5.92 Å². The Balaban J connectivity index is 2.02. The van der Waals surface area contributed by atoms with Gasteiger partial charge in [-0.15, -0.1) is 0 Å². The van der Waals surface area contributed by atoms with E-state index in [-0.39, 0.29) is 0 Å². The number of piperidine rings is 1. The molecule has 0 bridgehead atoms. The van der Waals surface area contributed by atoms with Crippen molar-refractivity contribution in [3.05, 3.63) is 18.1 Å². The minimum absolute atomic E-state index is 0.808. The molecule has 18 heavy (non-hydrogen) atoms. The van der Waals surface area contributed by atoms with Crippen molar-refractivity contribution in [2.45, 2.75) is 39.7 Å². The lowest BCUT2D eigenvalue weighted by Gasteiger charge is -2.33. The number of hydrogen-bond acceptors (Lipinski definition) is 4. The molecule has 1 aromatic rings. The van der Waals surface area contributed by atoms with Crippen molar-refractivity contribution >= 4 is 5.82 Å². The molecule has 4 heteroatoms. The summed E-state index contributed by atoms with van der Waals surface area (Å²) in [6, 6.07) is 0. The van der Waals surface area contributed by atoms with Crippen LogP contribution < -0.4 is 10.2 Å². The average Bonchev–Trinajstić information content (AvgIpc) is 2.45. The molecule has 4 nitrogen and oxygen atoms in total. The molecule has 100 valence electrons. The topological polar surface area (TPSA) is 41.1 Å². The number of hydrogen-bond donors (Lipinski definition) is 1. The van der Waals surface area contributed by atoms with Crippen molar-refractivity contribution in [2.75, 3.05) is 24.5 Å². The van der Waals surface area contributed by atoms with Gasteiger partial charge in [-0.25, -0.2) is 4.98 Å². The number of nitrogens with zero attached hydrogens (tertiary/aromatic N) is 3. The van der Waals surface area contributed by atoms with E-state index in [1.165, 1.54) is 19.3 Å². The van der Waals surface area contributed by atoms with E-state index in [2.05, 4.69) is 29.0 Å². The second kappa shape index (κ2) is 6.69. The molecule has 1 saturated heterocycles. The third-order valence-corrected chi connectivity index (χ3v) is 3.65. The first-order valence-electron chi connectivity index (χ1n) is 7.10. The monoisotopic (exact) mass is 248 g/mol. The van der Waals surface area contributed by atoms with E-state index >= 15 is 0 Å². The summed E-state index contributed by atoms with van der Waals surface area (Å²) in [7, 11) is 0. The molecule has 1 atom stereocenters. The van der Waals surface area contributed by atoms with Gasteiger partial charge in [0, 0.05) is 25.8 Å². The Morgan fingerprint density at radius 1 is 1.39 bits per heavy atom.